The van der Waals surface area contributed by atoms with Gasteiger partial charge in [-0.1, -0.05) is 19.8 Å². The third-order valence-corrected chi connectivity index (χ3v) is 4.71. The van der Waals surface area contributed by atoms with Gasteiger partial charge in [0.05, 0.1) is 12.7 Å². The highest BCUT2D eigenvalue weighted by molar-refractivity contribution is 5.63. The average molecular weight is 475 g/mol. The third kappa shape index (κ3) is 7.54. The lowest BCUT2D eigenvalue weighted by Gasteiger charge is -2.15. The zero-order valence-corrected chi connectivity index (χ0v) is 19.4. The highest BCUT2D eigenvalue weighted by atomic mass is 19.4. The molecule has 0 atom stereocenters. The standard InChI is InChI=1S/C25H29F3N4O2/c1-4-5-6-15-33-20-11-7-19(8-12-20)31-24-29-16-22(25(26,27)28)23(32-24)30-18-9-13-21(14-10-18)34-17(2)3/h7-14,16-17H,4-6,15H2,1-3H3,(H2,29,30,31,32). The molecule has 0 fully saturated rings. The van der Waals surface area contributed by atoms with Gasteiger partial charge in [-0.3, -0.25) is 0 Å². The number of ether oxygens (including phenoxy) is 2. The van der Waals surface area contributed by atoms with Crippen LogP contribution in [0.15, 0.2) is 54.7 Å². The van der Waals surface area contributed by atoms with Gasteiger partial charge in [0.25, 0.3) is 0 Å². The number of alkyl halides is 3. The van der Waals surface area contributed by atoms with Gasteiger partial charge in [-0.05, 0) is 68.8 Å². The van der Waals surface area contributed by atoms with Crippen molar-refractivity contribution in [2.24, 2.45) is 0 Å². The van der Waals surface area contributed by atoms with Crippen LogP contribution in [0.2, 0.25) is 0 Å². The van der Waals surface area contributed by atoms with Gasteiger partial charge >= 0.3 is 6.18 Å². The third-order valence-electron chi connectivity index (χ3n) is 4.71. The van der Waals surface area contributed by atoms with Crippen molar-refractivity contribution < 1.29 is 22.6 Å². The van der Waals surface area contributed by atoms with E-state index in [2.05, 4.69) is 27.5 Å². The maximum absolute atomic E-state index is 13.5. The number of halogens is 3. The van der Waals surface area contributed by atoms with Crippen LogP contribution in [0.3, 0.4) is 0 Å². The van der Waals surface area contributed by atoms with E-state index in [-0.39, 0.29) is 17.9 Å². The molecule has 1 heterocycles. The zero-order chi connectivity index (χ0) is 24.6. The van der Waals surface area contributed by atoms with E-state index in [9.17, 15) is 13.2 Å². The predicted octanol–water partition coefficient (Wildman–Crippen LogP) is 7.34. The molecule has 0 saturated heterocycles. The first-order valence-electron chi connectivity index (χ1n) is 11.2. The summed E-state index contributed by atoms with van der Waals surface area (Å²) in [5, 5.41) is 5.68. The van der Waals surface area contributed by atoms with Crippen molar-refractivity contribution in [1.29, 1.82) is 0 Å². The van der Waals surface area contributed by atoms with Crippen molar-refractivity contribution in [2.75, 3.05) is 17.2 Å². The smallest absolute Gasteiger partial charge is 0.421 e. The molecule has 0 saturated carbocycles. The van der Waals surface area contributed by atoms with Crippen LogP contribution < -0.4 is 20.1 Å². The number of anilines is 4. The number of rotatable bonds is 11. The normalized spacial score (nSPS) is 11.4. The molecule has 9 heteroatoms. The van der Waals surface area contributed by atoms with Gasteiger partial charge in [-0.15, -0.1) is 0 Å². The van der Waals surface area contributed by atoms with Gasteiger partial charge in [-0.2, -0.15) is 18.2 Å². The molecule has 0 aliphatic heterocycles. The van der Waals surface area contributed by atoms with E-state index in [1.54, 1.807) is 48.5 Å². The number of hydrogen-bond acceptors (Lipinski definition) is 6. The fraction of sp³-hybridized carbons (Fsp3) is 0.360. The highest BCUT2D eigenvalue weighted by Gasteiger charge is 2.35. The lowest BCUT2D eigenvalue weighted by molar-refractivity contribution is -0.137. The van der Waals surface area contributed by atoms with Crippen molar-refractivity contribution in [3.63, 3.8) is 0 Å². The Kier molecular flexibility index (Phi) is 8.56. The summed E-state index contributed by atoms with van der Waals surface area (Å²) in [5.74, 6) is 1.03. The Bertz CT molecular complexity index is 1040. The van der Waals surface area contributed by atoms with E-state index in [1.807, 2.05) is 13.8 Å². The van der Waals surface area contributed by atoms with E-state index in [0.29, 0.717) is 23.7 Å². The Hall–Kier alpha value is -3.49. The fourth-order valence-corrected chi connectivity index (χ4v) is 3.08. The maximum atomic E-state index is 13.5. The molecule has 3 aromatic rings. The van der Waals surface area contributed by atoms with E-state index in [4.69, 9.17) is 9.47 Å². The van der Waals surface area contributed by atoms with Crippen molar-refractivity contribution >= 4 is 23.1 Å². The van der Waals surface area contributed by atoms with Gasteiger partial charge in [0.15, 0.2) is 0 Å². The summed E-state index contributed by atoms with van der Waals surface area (Å²) < 4.78 is 51.9. The van der Waals surface area contributed by atoms with Crippen LogP contribution >= 0.6 is 0 Å². The molecule has 0 bridgehead atoms. The van der Waals surface area contributed by atoms with Crippen LogP contribution in [0.5, 0.6) is 11.5 Å². The molecule has 1 aromatic heterocycles. The zero-order valence-electron chi connectivity index (χ0n) is 19.4. The second-order valence-corrected chi connectivity index (χ2v) is 7.97. The minimum absolute atomic E-state index is 0.00664. The molecule has 0 aliphatic carbocycles. The molecular formula is C25H29F3N4O2. The largest absolute Gasteiger partial charge is 0.494 e. The van der Waals surface area contributed by atoms with Gasteiger partial charge in [0.2, 0.25) is 5.95 Å². The quantitative estimate of drug-likeness (QED) is 0.283. The van der Waals surface area contributed by atoms with Crippen LogP contribution in [0.4, 0.5) is 36.3 Å². The van der Waals surface area contributed by atoms with E-state index < -0.39 is 11.7 Å². The summed E-state index contributed by atoms with van der Waals surface area (Å²) in [6.07, 6.45) is -0.644. The van der Waals surface area contributed by atoms with Gasteiger partial charge in [-0.25, -0.2) is 4.98 Å². The van der Waals surface area contributed by atoms with Crippen molar-refractivity contribution in [3.8, 4) is 11.5 Å². The van der Waals surface area contributed by atoms with E-state index in [1.165, 1.54) is 0 Å². The lowest BCUT2D eigenvalue weighted by atomic mass is 10.2. The molecule has 0 amide bonds. The van der Waals surface area contributed by atoms with Crippen LogP contribution in [0, 0.1) is 0 Å². The number of nitrogens with one attached hydrogen (secondary N) is 2. The minimum Gasteiger partial charge on any atom is -0.494 e. The Morgan fingerprint density at radius 2 is 1.50 bits per heavy atom. The predicted molar refractivity (Wildman–Crippen MR) is 127 cm³/mol. The van der Waals surface area contributed by atoms with Gasteiger partial charge < -0.3 is 20.1 Å². The summed E-state index contributed by atoms with van der Waals surface area (Å²) in [4.78, 5) is 7.93. The Morgan fingerprint density at radius 3 is 2.09 bits per heavy atom. The van der Waals surface area contributed by atoms with Crippen molar-refractivity contribution in [1.82, 2.24) is 9.97 Å². The highest BCUT2D eigenvalue weighted by Crippen LogP contribution is 2.35. The molecular weight excluding hydrogens is 445 g/mol. The summed E-state index contributed by atoms with van der Waals surface area (Å²) in [7, 11) is 0. The first kappa shape index (κ1) is 25.1. The molecule has 0 unspecified atom stereocenters. The first-order valence-corrected chi connectivity index (χ1v) is 11.2. The topological polar surface area (TPSA) is 68.3 Å². The number of aromatic nitrogens is 2. The van der Waals surface area contributed by atoms with Crippen LogP contribution in [-0.2, 0) is 6.18 Å². The molecule has 0 spiro atoms. The van der Waals surface area contributed by atoms with E-state index >= 15 is 0 Å². The summed E-state index contributed by atoms with van der Waals surface area (Å²) in [6, 6.07) is 13.7. The summed E-state index contributed by atoms with van der Waals surface area (Å²) in [5.41, 5.74) is 0.106. The van der Waals surface area contributed by atoms with Crippen molar-refractivity contribution in [2.45, 2.75) is 52.3 Å². The summed E-state index contributed by atoms with van der Waals surface area (Å²) in [6.45, 7) is 6.56. The van der Waals surface area contributed by atoms with Crippen LogP contribution in [0.25, 0.3) is 0 Å². The molecule has 0 aliphatic rings. The molecule has 3 rings (SSSR count). The second kappa shape index (κ2) is 11.6. The number of benzene rings is 2. The Balaban J connectivity index is 1.74. The first-order chi connectivity index (χ1) is 16.2. The average Bonchev–Trinajstić information content (AvgIpc) is 2.78. The molecule has 6 nitrogen and oxygen atoms in total. The SMILES string of the molecule is CCCCCOc1ccc(Nc2ncc(C(F)(F)F)c(Nc3ccc(OC(C)C)cc3)n2)cc1. The van der Waals surface area contributed by atoms with E-state index in [0.717, 1.165) is 31.2 Å². The van der Waals surface area contributed by atoms with Gasteiger partial charge in [0.1, 0.15) is 22.9 Å². The molecule has 2 aromatic carbocycles. The molecule has 182 valence electrons. The second-order valence-electron chi connectivity index (χ2n) is 7.97. The fourth-order valence-electron chi connectivity index (χ4n) is 3.08. The van der Waals surface area contributed by atoms with Crippen LogP contribution in [-0.4, -0.2) is 22.7 Å². The Morgan fingerprint density at radius 1 is 0.882 bits per heavy atom. The molecule has 0 radical (unpaired) electrons. The van der Waals surface area contributed by atoms with Gasteiger partial charge in [0, 0.05) is 17.6 Å². The number of unbranched alkanes of at least 4 members (excludes halogenated alkanes) is 2. The number of hydrogen-bond donors (Lipinski definition) is 2. The molecule has 34 heavy (non-hydrogen) atoms. The van der Waals surface area contributed by atoms with Crippen LogP contribution in [0.1, 0.15) is 45.6 Å². The maximum Gasteiger partial charge on any atom is 0.421 e. The minimum atomic E-state index is -4.61. The lowest BCUT2D eigenvalue weighted by Crippen LogP contribution is -2.12. The monoisotopic (exact) mass is 474 g/mol. The van der Waals surface area contributed by atoms with Crippen molar-refractivity contribution in [3.05, 3.63) is 60.3 Å². The number of nitrogens with zero attached hydrogens (tertiary/aromatic N) is 2. The summed E-state index contributed by atoms with van der Waals surface area (Å²) >= 11 is 0. The molecule has 2 N–H and O–H groups in total. The Labute approximate surface area is 197 Å².